The summed E-state index contributed by atoms with van der Waals surface area (Å²) in [7, 11) is -1.33. The van der Waals surface area contributed by atoms with Crippen molar-refractivity contribution < 1.29 is 27.1 Å². The van der Waals surface area contributed by atoms with Gasteiger partial charge < -0.3 is 9.47 Å². The number of carbonyl (C=O) groups excluding carboxylic acids is 1. The van der Waals surface area contributed by atoms with Gasteiger partial charge in [-0.15, -0.1) is 0 Å². The van der Waals surface area contributed by atoms with Crippen LogP contribution in [-0.2, 0) is 16.6 Å². The molecule has 1 aliphatic rings. The highest BCUT2D eigenvalue weighted by Gasteiger charge is 2.42. The van der Waals surface area contributed by atoms with Crippen molar-refractivity contribution in [3.05, 3.63) is 59.5 Å². The Balaban J connectivity index is 1.82. The average molecular weight is 402 g/mol. The molecule has 7 nitrogen and oxygen atoms in total. The number of rotatable bonds is 4. The number of halogens is 1. The second-order valence-corrected chi connectivity index (χ2v) is 7.96. The van der Waals surface area contributed by atoms with Gasteiger partial charge in [0.25, 0.3) is 15.9 Å². The van der Waals surface area contributed by atoms with Crippen LogP contribution in [0.3, 0.4) is 0 Å². The van der Waals surface area contributed by atoms with E-state index in [9.17, 15) is 17.6 Å². The smallest absolute Gasteiger partial charge is 0.269 e. The molecule has 0 N–H and O–H groups in total. The van der Waals surface area contributed by atoms with E-state index in [-0.39, 0.29) is 33.9 Å². The van der Waals surface area contributed by atoms with Crippen molar-refractivity contribution in [2.75, 3.05) is 14.2 Å². The maximum Gasteiger partial charge on any atom is 0.269 e. The quantitative estimate of drug-likeness (QED) is 0.667. The number of amides is 1. The number of nitrogens with zero attached hydrogens (tertiary/aromatic N) is 2. The van der Waals surface area contributed by atoms with E-state index in [1.165, 1.54) is 44.7 Å². The predicted molar refractivity (Wildman–Crippen MR) is 98.3 cm³/mol. The van der Waals surface area contributed by atoms with Gasteiger partial charge in [0.1, 0.15) is 10.7 Å². The zero-order valence-corrected chi connectivity index (χ0v) is 15.8. The Morgan fingerprint density at radius 3 is 2.54 bits per heavy atom. The molecule has 1 aliphatic heterocycles. The maximum atomic E-state index is 14.0. The van der Waals surface area contributed by atoms with Gasteiger partial charge in [-0.05, 0) is 29.8 Å². The van der Waals surface area contributed by atoms with E-state index in [2.05, 4.69) is 4.98 Å². The molecule has 144 valence electrons. The van der Waals surface area contributed by atoms with E-state index in [1.54, 1.807) is 12.1 Å². The lowest BCUT2D eigenvalue weighted by Gasteiger charge is -2.16. The van der Waals surface area contributed by atoms with Gasteiger partial charge in [0.15, 0.2) is 11.5 Å². The van der Waals surface area contributed by atoms with Crippen LogP contribution in [0, 0.1) is 5.82 Å². The van der Waals surface area contributed by atoms with Crippen molar-refractivity contribution in [1.82, 2.24) is 9.29 Å². The van der Waals surface area contributed by atoms with Crippen molar-refractivity contribution in [1.29, 1.82) is 0 Å². The molecule has 4 rings (SSSR count). The number of benzene rings is 2. The highest BCUT2D eigenvalue weighted by atomic mass is 32.2. The fraction of sp³-hybridized carbons (Fsp3) is 0.158. The Bertz CT molecular complexity index is 1230. The molecule has 0 aliphatic carbocycles. The number of sulfonamides is 1. The molecule has 9 heteroatoms. The standard InChI is InChI=1S/C19H15FN2O5S/c1-26-15-8-13-17(9-16(15)27-2)28(24,25)22(19(13)23)10-11-5-6-14(20)12-4-3-7-21-18(11)12/h3-9H,10H2,1-2H3. The first-order valence-electron chi connectivity index (χ1n) is 8.23. The van der Waals surface area contributed by atoms with Crippen LogP contribution in [0.5, 0.6) is 11.5 Å². The molecule has 28 heavy (non-hydrogen) atoms. The Kier molecular flexibility index (Phi) is 4.19. The summed E-state index contributed by atoms with van der Waals surface area (Å²) in [6.07, 6.45) is 1.48. The molecular weight excluding hydrogens is 387 g/mol. The predicted octanol–water partition coefficient (Wildman–Crippen LogP) is 2.74. The monoisotopic (exact) mass is 402 g/mol. The van der Waals surface area contributed by atoms with Crippen molar-refractivity contribution in [3.8, 4) is 11.5 Å². The third-order valence-corrected chi connectivity index (χ3v) is 6.39. The molecule has 0 unspecified atom stereocenters. The molecule has 1 amide bonds. The molecule has 0 fully saturated rings. The minimum absolute atomic E-state index is 0.00275. The lowest BCUT2D eigenvalue weighted by atomic mass is 10.1. The number of hydrogen-bond acceptors (Lipinski definition) is 6. The van der Waals surface area contributed by atoms with E-state index >= 15 is 0 Å². The summed E-state index contributed by atoms with van der Waals surface area (Å²) in [6.45, 7) is -0.270. The van der Waals surface area contributed by atoms with Crippen molar-refractivity contribution in [3.63, 3.8) is 0 Å². The third-order valence-electron chi connectivity index (χ3n) is 4.62. The number of aromatic nitrogens is 1. The highest BCUT2D eigenvalue weighted by Crippen LogP contribution is 2.39. The van der Waals surface area contributed by atoms with Crippen molar-refractivity contribution in [2.24, 2.45) is 0 Å². The number of ether oxygens (including phenoxy) is 2. The molecule has 0 saturated heterocycles. The topological polar surface area (TPSA) is 85.8 Å². The lowest BCUT2D eigenvalue weighted by Crippen LogP contribution is -2.29. The molecule has 1 aromatic heterocycles. The largest absolute Gasteiger partial charge is 0.493 e. The molecule has 0 spiro atoms. The van der Waals surface area contributed by atoms with Gasteiger partial charge in [-0.2, -0.15) is 0 Å². The summed E-state index contributed by atoms with van der Waals surface area (Å²) in [4.78, 5) is 16.8. The van der Waals surface area contributed by atoms with Gasteiger partial charge in [-0.1, -0.05) is 6.07 Å². The van der Waals surface area contributed by atoms with Crippen LogP contribution in [-0.4, -0.2) is 37.8 Å². The summed E-state index contributed by atoms with van der Waals surface area (Å²) < 4.78 is 51.0. The molecule has 2 aromatic carbocycles. The zero-order chi connectivity index (χ0) is 20.1. The van der Waals surface area contributed by atoms with Crippen molar-refractivity contribution in [2.45, 2.75) is 11.4 Å². The Labute approximate surface area is 160 Å². The van der Waals surface area contributed by atoms with Crippen molar-refractivity contribution >= 4 is 26.8 Å². The van der Waals surface area contributed by atoms with E-state index in [0.29, 0.717) is 11.1 Å². The van der Waals surface area contributed by atoms with E-state index in [1.807, 2.05) is 0 Å². The van der Waals surface area contributed by atoms with Crippen LogP contribution < -0.4 is 9.47 Å². The maximum absolute atomic E-state index is 14.0. The number of methoxy groups -OCH3 is 2. The zero-order valence-electron chi connectivity index (χ0n) is 15.0. The summed E-state index contributed by atoms with van der Waals surface area (Å²) in [6, 6.07) is 8.40. The van der Waals surface area contributed by atoms with Crippen LogP contribution in [0.1, 0.15) is 15.9 Å². The van der Waals surface area contributed by atoms with Crippen LogP contribution in [0.15, 0.2) is 47.5 Å². The SMILES string of the molecule is COc1cc2c(cc1OC)S(=O)(=O)N(Cc1ccc(F)c3cccnc13)C2=O. The second-order valence-electron chi connectivity index (χ2n) is 6.13. The minimum atomic E-state index is -4.10. The first-order valence-corrected chi connectivity index (χ1v) is 9.67. The molecule has 3 aromatic rings. The first-order chi connectivity index (χ1) is 13.4. The molecule has 0 radical (unpaired) electrons. The molecule has 0 atom stereocenters. The van der Waals surface area contributed by atoms with Crippen LogP contribution in [0.4, 0.5) is 4.39 Å². The fourth-order valence-corrected chi connectivity index (χ4v) is 4.78. The van der Waals surface area contributed by atoms with Crippen LogP contribution >= 0.6 is 0 Å². The molecule has 0 bridgehead atoms. The van der Waals surface area contributed by atoms with Gasteiger partial charge in [-0.25, -0.2) is 17.1 Å². The third kappa shape index (κ3) is 2.58. The number of fused-ring (bicyclic) bond motifs is 2. The summed E-state index contributed by atoms with van der Waals surface area (Å²) in [5.74, 6) is -0.710. The summed E-state index contributed by atoms with van der Waals surface area (Å²) in [5.41, 5.74) is 0.717. The Morgan fingerprint density at radius 1 is 1.11 bits per heavy atom. The van der Waals surface area contributed by atoms with Gasteiger partial charge >= 0.3 is 0 Å². The van der Waals surface area contributed by atoms with Gasteiger partial charge in [0, 0.05) is 17.6 Å². The number of carbonyl (C=O) groups is 1. The molecule has 2 heterocycles. The summed E-state index contributed by atoms with van der Waals surface area (Å²) >= 11 is 0. The van der Waals surface area contributed by atoms with Gasteiger partial charge in [-0.3, -0.25) is 9.78 Å². The highest BCUT2D eigenvalue weighted by molar-refractivity contribution is 7.90. The fourth-order valence-electron chi connectivity index (χ4n) is 3.24. The lowest BCUT2D eigenvalue weighted by molar-refractivity contribution is 0.0865. The second kappa shape index (κ2) is 6.45. The Hall–Kier alpha value is -3.20. The van der Waals surface area contributed by atoms with Gasteiger partial charge in [0.2, 0.25) is 0 Å². The summed E-state index contributed by atoms with van der Waals surface area (Å²) in [5, 5.41) is 0.255. The van der Waals surface area contributed by atoms with E-state index in [4.69, 9.17) is 9.47 Å². The van der Waals surface area contributed by atoms with Gasteiger partial charge in [0.05, 0.1) is 31.8 Å². The van der Waals surface area contributed by atoms with Crippen LogP contribution in [0.25, 0.3) is 10.9 Å². The molecular formula is C19H15FN2O5S. The van der Waals surface area contributed by atoms with E-state index in [0.717, 1.165) is 4.31 Å². The number of hydrogen-bond donors (Lipinski definition) is 0. The minimum Gasteiger partial charge on any atom is -0.493 e. The normalized spacial score (nSPS) is 15.0. The van der Waals surface area contributed by atoms with E-state index < -0.39 is 21.7 Å². The number of pyridine rings is 1. The average Bonchev–Trinajstić information content (AvgIpc) is 2.89. The first kappa shape index (κ1) is 18.2. The molecule has 0 saturated carbocycles. The Morgan fingerprint density at radius 2 is 1.82 bits per heavy atom. The van der Waals surface area contributed by atoms with Crippen LogP contribution in [0.2, 0.25) is 0 Å².